The standard InChI is InChI=1S/C23H25N3O4/c1-29-20-8-5-9-21(30-2)22(20)23(28)26-12-10-25(11-13-26)15-19(27)17-14-24-18-7-4-3-6-16(17)18/h3-9,14,24H,10-13,15H2,1-2H3. The topological polar surface area (TPSA) is 74.9 Å². The highest BCUT2D eigenvalue weighted by Gasteiger charge is 2.28. The van der Waals surface area contributed by atoms with Gasteiger partial charge in [0.1, 0.15) is 17.1 Å². The van der Waals surface area contributed by atoms with Gasteiger partial charge in [-0.25, -0.2) is 0 Å². The number of carbonyl (C=O) groups is 2. The third-order valence-electron chi connectivity index (χ3n) is 5.56. The predicted octanol–water partition coefficient (Wildman–Crippen LogP) is 2.83. The van der Waals surface area contributed by atoms with Crippen molar-refractivity contribution >= 4 is 22.6 Å². The maximum atomic E-state index is 13.1. The Balaban J connectivity index is 1.41. The molecule has 2 aromatic carbocycles. The number of rotatable bonds is 6. The molecule has 1 amide bonds. The van der Waals surface area contributed by atoms with Crippen molar-refractivity contribution in [1.29, 1.82) is 0 Å². The Bertz CT molecular complexity index is 1050. The van der Waals surface area contributed by atoms with Crippen molar-refractivity contribution in [1.82, 2.24) is 14.8 Å². The maximum absolute atomic E-state index is 13.1. The number of hydrogen-bond donors (Lipinski definition) is 1. The van der Waals surface area contributed by atoms with Gasteiger partial charge in [0.2, 0.25) is 0 Å². The van der Waals surface area contributed by atoms with Gasteiger partial charge in [-0.15, -0.1) is 0 Å². The van der Waals surface area contributed by atoms with Gasteiger partial charge >= 0.3 is 0 Å². The number of aromatic amines is 1. The second-order valence-corrected chi connectivity index (χ2v) is 7.28. The van der Waals surface area contributed by atoms with E-state index in [0.717, 1.165) is 10.9 Å². The Labute approximate surface area is 175 Å². The summed E-state index contributed by atoms with van der Waals surface area (Å²) in [7, 11) is 3.08. The summed E-state index contributed by atoms with van der Waals surface area (Å²) < 4.78 is 10.7. The molecule has 0 radical (unpaired) electrons. The number of methoxy groups -OCH3 is 2. The molecule has 1 aromatic heterocycles. The number of ether oxygens (including phenoxy) is 2. The molecule has 7 heteroatoms. The third kappa shape index (κ3) is 3.76. The first kappa shape index (κ1) is 20.0. The summed E-state index contributed by atoms with van der Waals surface area (Å²) >= 11 is 0. The smallest absolute Gasteiger partial charge is 0.261 e. The molecule has 7 nitrogen and oxygen atoms in total. The highest BCUT2D eigenvalue weighted by atomic mass is 16.5. The molecular formula is C23H25N3O4. The van der Waals surface area contributed by atoms with Crippen molar-refractivity contribution < 1.29 is 19.1 Å². The van der Waals surface area contributed by atoms with E-state index in [0.29, 0.717) is 55.3 Å². The largest absolute Gasteiger partial charge is 0.496 e. The second kappa shape index (κ2) is 8.59. The summed E-state index contributed by atoms with van der Waals surface area (Å²) in [4.78, 5) is 32.9. The highest BCUT2D eigenvalue weighted by Crippen LogP contribution is 2.30. The van der Waals surface area contributed by atoms with Crippen LogP contribution < -0.4 is 9.47 Å². The van der Waals surface area contributed by atoms with E-state index in [-0.39, 0.29) is 11.7 Å². The molecule has 3 aromatic rings. The van der Waals surface area contributed by atoms with E-state index in [1.807, 2.05) is 24.3 Å². The van der Waals surface area contributed by atoms with Crippen molar-refractivity contribution in [2.45, 2.75) is 0 Å². The van der Waals surface area contributed by atoms with Crippen LogP contribution in [0.4, 0.5) is 0 Å². The fourth-order valence-corrected chi connectivity index (χ4v) is 3.92. The van der Waals surface area contributed by atoms with Crippen LogP contribution in [-0.4, -0.2) is 73.4 Å². The van der Waals surface area contributed by atoms with E-state index in [1.165, 1.54) is 0 Å². The zero-order valence-electron chi connectivity index (χ0n) is 17.2. The zero-order chi connectivity index (χ0) is 21.1. The average molecular weight is 407 g/mol. The fourth-order valence-electron chi connectivity index (χ4n) is 3.92. The molecule has 0 saturated carbocycles. The van der Waals surface area contributed by atoms with Gasteiger partial charge in [-0.1, -0.05) is 24.3 Å². The van der Waals surface area contributed by atoms with Crippen LogP contribution in [0.15, 0.2) is 48.7 Å². The normalized spacial score (nSPS) is 14.7. The molecule has 0 atom stereocenters. The number of amides is 1. The van der Waals surface area contributed by atoms with Crippen LogP contribution in [0, 0.1) is 0 Å². The van der Waals surface area contributed by atoms with Crippen LogP contribution in [0.2, 0.25) is 0 Å². The number of para-hydroxylation sites is 1. The summed E-state index contributed by atoms with van der Waals surface area (Å²) in [6.07, 6.45) is 1.78. The van der Waals surface area contributed by atoms with E-state index in [4.69, 9.17) is 9.47 Å². The monoisotopic (exact) mass is 407 g/mol. The first-order valence-electron chi connectivity index (χ1n) is 9.94. The van der Waals surface area contributed by atoms with Crippen molar-refractivity contribution in [3.63, 3.8) is 0 Å². The molecule has 30 heavy (non-hydrogen) atoms. The molecule has 1 fully saturated rings. The molecule has 156 valence electrons. The van der Waals surface area contributed by atoms with E-state index in [1.54, 1.807) is 43.5 Å². The molecule has 1 N–H and O–H groups in total. The van der Waals surface area contributed by atoms with E-state index >= 15 is 0 Å². The van der Waals surface area contributed by atoms with E-state index in [2.05, 4.69) is 9.88 Å². The van der Waals surface area contributed by atoms with Crippen molar-refractivity contribution in [2.24, 2.45) is 0 Å². The van der Waals surface area contributed by atoms with Crippen LogP contribution in [-0.2, 0) is 0 Å². The van der Waals surface area contributed by atoms with Gasteiger partial charge in [0.25, 0.3) is 5.91 Å². The summed E-state index contributed by atoms with van der Waals surface area (Å²) in [5.41, 5.74) is 2.11. The SMILES string of the molecule is COc1cccc(OC)c1C(=O)N1CCN(CC(=O)c2c[nH]c3ccccc23)CC1. The highest BCUT2D eigenvalue weighted by molar-refractivity contribution is 6.08. The quantitative estimate of drug-likeness (QED) is 0.636. The molecule has 4 rings (SSSR count). The second-order valence-electron chi connectivity index (χ2n) is 7.28. The summed E-state index contributed by atoms with van der Waals surface area (Å²) in [5.74, 6) is 0.957. The molecule has 0 bridgehead atoms. The molecule has 0 spiro atoms. The predicted molar refractivity (Wildman–Crippen MR) is 115 cm³/mol. The van der Waals surface area contributed by atoms with Crippen LogP contribution in [0.3, 0.4) is 0 Å². The van der Waals surface area contributed by atoms with Gasteiger partial charge < -0.3 is 19.4 Å². The molecular weight excluding hydrogens is 382 g/mol. The van der Waals surface area contributed by atoms with Crippen molar-refractivity contribution in [2.75, 3.05) is 46.9 Å². The van der Waals surface area contributed by atoms with Gasteiger partial charge in [-0.05, 0) is 18.2 Å². The lowest BCUT2D eigenvalue weighted by molar-refractivity contribution is 0.0619. The maximum Gasteiger partial charge on any atom is 0.261 e. The van der Waals surface area contributed by atoms with Gasteiger partial charge in [-0.3, -0.25) is 14.5 Å². The summed E-state index contributed by atoms with van der Waals surface area (Å²) in [6, 6.07) is 13.1. The molecule has 1 saturated heterocycles. The third-order valence-corrected chi connectivity index (χ3v) is 5.56. The Morgan fingerprint density at radius 2 is 1.60 bits per heavy atom. The Morgan fingerprint density at radius 1 is 0.933 bits per heavy atom. The molecule has 0 aliphatic carbocycles. The van der Waals surface area contributed by atoms with Gasteiger partial charge in [0.15, 0.2) is 5.78 Å². The number of benzene rings is 2. The molecule has 1 aliphatic rings. The lowest BCUT2D eigenvalue weighted by atomic mass is 10.1. The van der Waals surface area contributed by atoms with Crippen LogP contribution in [0.5, 0.6) is 11.5 Å². The lowest BCUT2D eigenvalue weighted by Crippen LogP contribution is -2.50. The number of ketones is 1. The minimum atomic E-state index is -0.119. The number of nitrogens with zero attached hydrogens (tertiary/aromatic N) is 2. The number of carbonyl (C=O) groups excluding carboxylic acids is 2. The first-order valence-corrected chi connectivity index (χ1v) is 9.94. The van der Waals surface area contributed by atoms with E-state index in [9.17, 15) is 9.59 Å². The lowest BCUT2D eigenvalue weighted by Gasteiger charge is -2.34. The van der Waals surface area contributed by atoms with Crippen molar-refractivity contribution in [3.05, 3.63) is 59.8 Å². The minimum Gasteiger partial charge on any atom is -0.496 e. The van der Waals surface area contributed by atoms with E-state index < -0.39 is 0 Å². The van der Waals surface area contributed by atoms with Crippen LogP contribution in [0.1, 0.15) is 20.7 Å². The molecule has 2 heterocycles. The number of piperazine rings is 1. The van der Waals surface area contributed by atoms with Gasteiger partial charge in [-0.2, -0.15) is 0 Å². The Kier molecular flexibility index (Phi) is 5.72. The fraction of sp³-hybridized carbons (Fsp3) is 0.304. The molecule has 1 aliphatic heterocycles. The summed E-state index contributed by atoms with van der Waals surface area (Å²) in [6.45, 7) is 2.69. The van der Waals surface area contributed by atoms with Crippen LogP contribution >= 0.6 is 0 Å². The Morgan fingerprint density at radius 3 is 2.27 bits per heavy atom. The zero-order valence-corrected chi connectivity index (χ0v) is 17.2. The van der Waals surface area contributed by atoms with Crippen LogP contribution in [0.25, 0.3) is 10.9 Å². The molecule has 0 unspecified atom stereocenters. The number of aromatic nitrogens is 1. The average Bonchev–Trinajstić information content (AvgIpc) is 3.23. The van der Waals surface area contributed by atoms with Gasteiger partial charge in [0.05, 0.1) is 20.8 Å². The summed E-state index contributed by atoms with van der Waals surface area (Å²) in [5, 5.41) is 0.944. The minimum absolute atomic E-state index is 0.0821. The number of fused-ring (bicyclic) bond motifs is 1. The van der Waals surface area contributed by atoms with Crippen molar-refractivity contribution in [3.8, 4) is 11.5 Å². The Hall–Kier alpha value is -3.32. The van der Waals surface area contributed by atoms with Gasteiger partial charge in [0, 0.05) is 48.8 Å². The number of Topliss-reactive ketones (excluding diaryl/α,β-unsaturated/α-hetero) is 1. The first-order chi connectivity index (χ1) is 14.6. The number of nitrogens with one attached hydrogen (secondary N) is 1. The number of hydrogen-bond acceptors (Lipinski definition) is 5. The number of H-pyrrole nitrogens is 1.